The second-order valence-corrected chi connectivity index (χ2v) is 7.11. The predicted octanol–water partition coefficient (Wildman–Crippen LogP) is 3.24. The maximum absolute atomic E-state index is 12.1. The lowest BCUT2D eigenvalue weighted by Gasteiger charge is -2.27. The largest absolute Gasteiger partial charge is 0.495 e. The van der Waals surface area contributed by atoms with Gasteiger partial charge in [0.15, 0.2) is 5.79 Å². The first kappa shape index (κ1) is 18.2. The highest BCUT2D eigenvalue weighted by molar-refractivity contribution is 9.10. The number of esters is 1. The van der Waals surface area contributed by atoms with Crippen molar-refractivity contribution in [1.82, 2.24) is 0 Å². The highest BCUT2D eigenvalue weighted by atomic mass is 79.9. The lowest BCUT2D eigenvalue weighted by Crippen LogP contribution is -2.29. The molecule has 2 atom stereocenters. The molecule has 3 rings (SSSR count). The molecule has 0 spiro atoms. The number of hydrogen-bond donors (Lipinski definition) is 0. The number of methoxy groups -OCH3 is 1. The molecule has 0 aliphatic carbocycles. The average molecular weight is 412 g/mol. The van der Waals surface area contributed by atoms with Gasteiger partial charge in [0.1, 0.15) is 18.0 Å². The van der Waals surface area contributed by atoms with Crippen molar-refractivity contribution in [3.05, 3.63) is 34.4 Å². The summed E-state index contributed by atoms with van der Waals surface area (Å²) < 4.78 is 23.3. The SMILES string of the molecule is CCOC(=O)/C=C1\[C@@H]2OC(C)(C)O[C@@H]2CN1c1cccc(OC)c1Br. The molecule has 2 aliphatic rings. The lowest BCUT2D eigenvalue weighted by molar-refractivity contribution is -0.146. The molecular formula is C18H22BrNO5. The number of fused-ring (bicyclic) bond motifs is 1. The molecule has 0 N–H and O–H groups in total. The van der Waals surface area contributed by atoms with E-state index in [9.17, 15) is 4.79 Å². The molecule has 0 aromatic heterocycles. The molecule has 2 fully saturated rings. The minimum absolute atomic E-state index is 0.159. The Hall–Kier alpha value is -1.57. The van der Waals surface area contributed by atoms with Gasteiger partial charge in [0.05, 0.1) is 36.1 Å². The monoisotopic (exact) mass is 411 g/mol. The number of hydrogen-bond acceptors (Lipinski definition) is 6. The summed E-state index contributed by atoms with van der Waals surface area (Å²) in [7, 11) is 1.62. The molecule has 0 amide bonds. The summed E-state index contributed by atoms with van der Waals surface area (Å²) in [4.78, 5) is 14.1. The van der Waals surface area contributed by atoms with Crippen LogP contribution in [0.1, 0.15) is 20.8 Å². The van der Waals surface area contributed by atoms with Gasteiger partial charge in [0.2, 0.25) is 0 Å². The lowest BCUT2D eigenvalue weighted by atomic mass is 10.2. The first-order valence-corrected chi connectivity index (χ1v) is 8.99. The van der Waals surface area contributed by atoms with Crippen molar-refractivity contribution >= 4 is 27.6 Å². The summed E-state index contributed by atoms with van der Waals surface area (Å²) in [6, 6.07) is 5.73. The number of carbonyl (C=O) groups is 1. The number of rotatable bonds is 4. The van der Waals surface area contributed by atoms with Crippen LogP contribution in [0.2, 0.25) is 0 Å². The number of anilines is 1. The van der Waals surface area contributed by atoms with Gasteiger partial charge in [-0.2, -0.15) is 0 Å². The van der Waals surface area contributed by atoms with Crippen molar-refractivity contribution in [2.24, 2.45) is 0 Å². The molecule has 0 unspecified atom stereocenters. The Bertz CT molecular complexity index is 703. The maximum Gasteiger partial charge on any atom is 0.332 e. The Balaban J connectivity index is 2.00. The minimum Gasteiger partial charge on any atom is -0.495 e. The van der Waals surface area contributed by atoms with Crippen LogP contribution >= 0.6 is 15.9 Å². The van der Waals surface area contributed by atoms with E-state index in [0.717, 1.165) is 15.9 Å². The van der Waals surface area contributed by atoms with Crippen LogP contribution in [-0.2, 0) is 19.0 Å². The fourth-order valence-corrected chi connectivity index (χ4v) is 3.87. The normalized spacial score (nSPS) is 26.0. The molecule has 0 radical (unpaired) electrons. The third-order valence-electron chi connectivity index (χ3n) is 4.16. The van der Waals surface area contributed by atoms with E-state index in [0.29, 0.717) is 18.9 Å². The van der Waals surface area contributed by atoms with Crippen molar-refractivity contribution in [2.45, 2.75) is 38.8 Å². The van der Waals surface area contributed by atoms with E-state index in [1.54, 1.807) is 14.0 Å². The molecule has 1 aromatic carbocycles. The van der Waals surface area contributed by atoms with E-state index < -0.39 is 11.8 Å². The Morgan fingerprint density at radius 3 is 2.88 bits per heavy atom. The summed E-state index contributed by atoms with van der Waals surface area (Å²) in [6.07, 6.45) is 1.01. The standard InChI is InChI=1S/C18H22BrNO5/c1-5-23-15(21)9-12-17-14(24-18(2,3)25-17)10-20(12)11-7-6-8-13(22-4)16(11)19/h6-9,14,17H,5,10H2,1-4H3/b12-9+/t14-,17+/m1/s1. The number of nitrogens with zero attached hydrogens (tertiary/aromatic N) is 1. The van der Waals surface area contributed by atoms with Crippen molar-refractivity contribution in [2.75, 3.05) is 25.2 Å². The maximum atomic E-state index is 12.1. The van der Waals surface area contributed by atoms with Crippen molar-refractivity contribution in [3.8, 4) is 5.75 Å². The molecule has 2 saturated heterocycles. The molecule has 25 heavy (non-hydrogen) atoms. The number of benzene rings is 1. The van der Waals surface area contributed by atoms with Crippen LogP contribution in [0.3, 0.4) is 0 Å². The Morgan fingerprint density at radius 2 is 2.20 bits per heavy atom. The molecule has 6 nitrogen and oxygen atoms in total. The first-order chi connectivity index (χ1) is 11.9. The minimum atomic E-state index is -0.680. The van der Waals surface area contributed by atoms with Gasteiger partial charge in [-0.05, 0) is 48.8 Å². The van der Waals surface area contributed by atoms with Crippen molar-refractivity contribution < 1.29 is 23.7 Å². The highest BCUT2D eigenvalue weighted by Crippen LogP contribution is 2.44. The van der Waals surface area contributed by atoms with Crippen LogP contribution in [0, 0.1) is 0 Å². The van der Waals surface area contributed by atoms with Gasteiger partial charge < -0.3 is 23.8 Å². The zero-order chi connectivity index (χ0) is 18.2. The predicted molar refractivity (Wildman–Crippen MR) is 96.6 cm³/mol. The molecule has 1 aromatic rings. The topological polar surface area (TPSA) is 57.2 Å². The van der Waals surface area contributed by atoms with Crippen molar-refractivity contribution in [1.29, 1.82) is 0 Å². The zero-order valence-corrected chi connectivity index (χ0v) is 16.3. The molecule has 7 heteroatoms. The third kappa shape index (κ3) is 3.54. The second kappa shape index (κ2) is 6.97. The zero-order valence-electron chi connectivity index (χ0n) is 14.7. The van der Waals surface area contributed by atoms with Crippen LogP contribution in [0.25, 0.3) is 0 Å². The molecule has 2 heterocycles. The average Bonchev–Trinajstić information content (AvgIpc) is 3.01. The number of halogens is 1. The van der Waals surface area contributed by atoms with Gasteiger partial charge in [-0.1, -0.05) is 6.07 Å². The summed E-state index contributed by atoms with van der Waals surface area (Å²) in [6.45, 7) is 6.42. The molecule has 136 valence electrons. The van der Waals surface area contributed by atoms with Gasteiger partial charge in [-0.3, -0.25) is 0 Å². The summed E-state index contributed by atoms with van der Waals surface area (Å²) in [5.74, 6) is -0.358. The summed E-state index contributed by atoms with van der Waals surface area (Å²) in [5, 5.41) is 0. The van der Waals surface area contributed by atoms with Crippen LogP contribution in [0.15, 0.2) is 34.4 Å². The Kier molecular flexibility index (Phi) is 5.09. The second-order valence-electron chi connectivity index (χ2n) is 6.32. The van der Waals surface area contributed by atoms with E-state index in [4.69, 9.17) is 18.9 Å². The van der Waals surface area contributed by atoms with Gasteiger partial charge in [-0.25, -0.2) is 4.79 Å². The smallest absolute Gasteiger partial charge is 0.332 e. The van der Waals surface area contributed by atoms with E-state index in [-0.39, 0.29) is 12.2 Å². The van der Waals surface area contributed by atoms with Crippen LogP contribution in [0.5, 0.6) is 5.75 Å². The fraction of sp³-hybridized carbons (Fsp3) is 0.500. The van der Waals surface area contributed by atoms with E-state index in [1.807, 2.05) is 36.9 Å². The van der Waals surface area contributed by atoms with Crippen LogP contribution in [-0.4, -0.2) is 44.2 Å². The summed E-state index contributed by atoms with van der Waals surface area (Å²) >= 11 is 3.59. The molecule has 0 saturated carbocycles. The van der Waals surface area contributed by atoms with Gasteiger partial charge in [0.25, 0.3) is 0 Å². The first-order valence-electron chi connectivity index (χ1n) is 8.20. The highest BCUT2D eigenvalue weighted by Gasteiger charge is 2.50. The number of carbonyl (C=O) groups excluding carboxylic acids is 1. The van der Waals surface area contributed by atoms with Gasteiger partial charge in [-0.15, -0.1) is 0 Å². The Labute approximate surface area is 155 Å². The van der Waals surface area contributed by atoms with Crippen molar-refractivity contribution in [3.63, 3.8) is 0 Å². The quantitative estimate of drug-likeness (QED) is 0.559. The van der Waals surface area contributed by atoms with Gasteiger partial charge in [0, 0.05) is 6.08 Å². The van der Waals surface area contributed by atoms with E-state index in [2.05, 4.69) is 15.9 Å². The third-order valence-corrected chi connectivity index (χ3v) is 4.95. The van der Waals surface area contributed by atoms with E-state index in [1.165, 1.54) is 6.08 Å². The molecule has 2 aliphatic heterocycles. The van der Waals surface area contributed by atoms with Gasteiger partial charge >= 0.3 is 5.97 Å². The molecular weight excluding hydrogens is 390 g/mol. The fourth-order valence-electron chi connectivity index (χ4n) is 3.23. The van der Waals surface area contributed by atoms with Crippen LogP contribution < -0.4 is 9.64 Å². The molecule has 0 bridgehead atoms. The Morgan fingerprint density at radius 1 is 1.44 bits per heavy atom. The summed E-state index contributed by atoms with van der Waals surface area (Å²) in [5.41, 5.74) is 1.61. The van der Waals surface area contributed by atoms with Crippen LogP contribution in [0.4, 0.5) is 5.69 Å². The van der Waals surface area contributed by atoms with E-state index >= 15 is 0 Å². The number of ether oxygens (including phenoxy) is 4.